The maximum atomic E-state index is 5.60. The topological polar surface area (TPSA) is 30.5 Å². The minimum Gasteiger partial charge on any atom is -0.493 e. The maximum Gasteiger partial charge on any atom is 0.122 e. The van der Waals surface area contributed by atoms with Gasteiger partial charge in [0.05, 0.1) is 19.3 Å². The number of ether oxygens (including phenoxy) is 2. The molecule has 2 aliphatic heterocycles. The van der Waals surface area contributed by atoms with E-state index < -0.39 is 0 Å². The highest BCUT2D eigenvalue weighted by Crippen LogP contribution is 2.28. The standard InChI is InChI=1S/C13H17NO2/c1-2-10-8-11(3-4-13(10)16-6-1)14-12-5-7-15-9-12/h3-4,8,12,14H,1-2,5-7,9H2. The number of anilines is 1. The second-order valence-electron chi connectivity index (χ2n) is 4.48. The van der Waals surface area contributed by atoms with Crippen LogP contribution in [0.15, 0.2) is 18.2 Å². The van der Waals surface area contributed by atoms with Crippen molar-refractivity contribution in [3.8, 4) is 5.75 Å². The number of hydrogen-bond donors (Lipinski definition) is 1. The van der Waals surface area contributed by atoms with Crippen LogP contribution in [-0.4, -0.2) is 25.9 Å². The van der Waals surface area contributed by atoms with E-state index in [2.05, 4.69) is 23.5 Å². The number of hydrogen-bond acceptors (Lipinski definition) is 3. The summed E-state index contributed by atoms with van der Waals surface area (Å²) in [5, 5.41) is 3.51. The fraction of sp³-hybridized carbons (Fsp3) is 0.538. The van der Waals surface area contributed by atoms with Gasteiger partial charge in [0, 0.05) is 12.3 Å². The number of aryl methyl sites for hydroxylation is 1. The van der Waals surface area contributed by atoms with Crippen LogP contribution in [0, 0.1) is 0 Å². The largest absolute Gasteiger partial charge is 0.493 e. The summed E-state index contributed by atoms with van der Waals surface area (Å²) in [6.07, 6.45) is 3.36. The number of nitrogens with one attached hydrogen (secondary N) is 1. The van der Waals surface area contributed by atoms with E-state index in [0.29, 0.717) is 6.04 Å². The fourth-order valence-electron chi connectivity index (χ4n) is 2.33. The summed E-state index contributed by atoms with van der Waals surface area (Å²) in [5.74, 6) is 1.06. The summed E-state index contributed by atoms with van der Waals surface area (Å²) < 4.78 is 11.0. The van der Waals surface area contributed by atoms with Gasteiger partial charge in [-0.1, -0.05) is 0 Å². The molecule has 1 saturated heterocycles. The van der Waals surface area contributed by atoms with Crippen LogP contribution in [0.1, 0.15) is 18.4 Å². The zero-order chi connectivity index (χ0) is 10.8. The van der Waals surface area contributed by atoms with Gasteiger partial charge in [-0.05, 0) is 43.0 Å². The molecule has 1 fully saturated rings. The van der Waals surface area contributed by atoms with Crippen LogP contribution in [0.25, 0.3) is 0 Å². The van der Waals surface area contributed by atoms with E-state index in [-0.39, 0.29) is 0 Å². The van der Waals surface area contributed by atoms with Crippen molar-refractivity contribution in [1.29, 1.82) is 0 Å². The normalized spacial score (nSPS) is 23.6. The molecule has 2 aliphatic rings. The van der Waals surface area contributed by atoms with Crippen molar-refractivity contribution in [2.24, 2.45) is 0 Å². The van der Waals surface area contributed by atoms with E-state index in [1.54, 1.807) is 0 Å². The van der Waals surface area contributed by atoms with E-state index in [1.165, 1.54) is 11.3 Å². The predicted molar refractivity (Wildman–Crippen MR) is 63.1 cm³/mol. The zero-order valence-corrected chi connectivity index (χ0v) is 9.37. The molecule has 86 valence electrons. The van der Waals surface area contributed by atoms with Crippen LogP contribution >= 0.6 is 0 Å². The molecule has 0 aromatic heterocycles. The first-order valence-electron chi connectivity index (χ1n) is 6.02. The van der Waals surface area contributed by atoms with E-state index in [1.807, 2.05) is 0 Å². The van der Waals surface area contributed by atoms with Crippen LogP contribution in [0.5, 0.6) is 5.75 Å². The van der Waals surface area contributed by atoms with Crippen molar-refractivity contribution in [3.05, 3.63) is 23.8 Å². The Morgan fingerprint density at radius 1 is 1.25 bits per heavy atom. The molecule has 1 atom stereocenters. The van der Waals surface area contributed by atoms with Gasteiger partial charge in [-0.3, -0.25) is 0 Å². The van der Waals surface area contributed by atoms with Crippen LogP contribution in [0.2, 0.25) is 0 Å². The third-order valence-corrected chi connectivity index (χ3v) is 3.21. The predicted octanol–water partition coefficient (Wildman–Crippen LogP) is 2.21. The van der Waals surface area contributed by atoms with Crippen molar-refractivity contribution in [2.45, 2.75) is 25.3 Å². The molecule has 3 nitrogen and oxygen atoms in total. The zero-order valence-electron chi connectivity index (χ0n) is 9.37. The molecule has 3 heteroatoms. The first-order valence-corrected chi connectivity index (χ1v) is 6.02. The number of benzene rings is 1. The number of fused-ring (bicyclic) bond motifs is 1. The van der Waals surface area contributed by atoms with E-state index in [9.17, 15) is 0 Å². The van der Waals surface area contributed by atoms with Crippen molar-refractivity contribution in [3.63, 3.8) is 0 Å². The van der Waals surface area contributed by atoms with Crippen LogP contribution in [-0.2, 0) is 11.2 Å². The minimum absolute atomic E-state index is 0.475. The van der Waals surface area contributed by atoms with E-state index in [0.717, 1.165) is 44.8 Å². The molecule has 3 rings (SSSR count). The third-order valence-electron chi connectivity index (χ3n) is 3.21. The molecule has 0 bridgehead atoms. The first kappa shape index (κ1) is 9.97. The lowest BCUT2D eigenvalue weighted by atomic mass is 10.1. The van der Waals surface area contributed by atoms with Gasteiger partial charge in [-0.15, -0.1) is 0 Å². The highest BCUT2D eigenvalue weighted by molar-refractivity contribution is 5.52. The van der Waals surface area contributed by atoms with Crippen molar-refractivity contribution in [2.75, 3.05) is 25.1 Å². The summed E-state index contributed by atoms with van der Waals surface area (Å²) in [5.41, 5.74) is 2.52. The quantitative estimate of drug-likeness (QED) is 0.827. The van der Waals surface area contributed by atoms with Gasteiger partial charge in [-0.25, -0.2) is 0 Å². The Morgan fingerprint density at radius 3 is 3.12 bits per heavy atom. The lowest BCUT2D eigenvalue weighted by molar-refractivity contribution is 0.195. The summed E-state index contributed by atoms with van der Waals surface area (Å²) in [7, 11) is 0. The second-order valence-corrected chi connectivity index (χ2v) is 4.48. The van der Waals surface area contributed by atoms with Gasteiger partial charge in [0.25, 0.3) is 0 Å². The summed E-state index contributed by atoms with van der Waals surface area (Å²) in [6, 6.07) is 6.87. The molecule has 1 aromatic rings. The Hall–Kier alpha value is -1.22. The Morgan fingerprint density at radius 2 is 2.25 bits per heavy atom. The Balaban J connectivity index is 1.74. The molecular weight excluding hydrogens is 202 g/mol. The highest BCUT2D eigenvalue weighted by atomic mass is 16.5. The molecule has 0 aliphatic carbocycles. The fourth-order valence-corrected chi connectivity index (χ4v) is 2.33. The molecule has 1 N–H and O–H groups in total. The molecular formula is C13H17NO2. The molecule has 1 aromatic carbocycles. The summed E-state index contributed by atoms with van der Waals surface area (Å²) in [4.78, 5) is 0. The lowest BCUT2D eigenvalue weighted by Gasteiger charge is -2.19. The minimum atomic E-state index is 0.475. The summed E-state index contributed by atoms with van der Waals surface area (Å²) >= 11 is 0. The average Bonchev–Trinajstić information content (AvgIpc) is 2.82. The van der Waals surface area contributed by atoms with Gasteiger partial charge in [0.2, 0.25) is 0 Å². The van der Waals surface area contributed by atoms with Gasteiger partial charge < -0.3 is 14.8 Å². The SMILES string of the molecule is c1cc2c(cc1NC1CCOC1)CCCO2. The van der Waals surface area contributed by atoms with Crippen molar-refractivity contribution >= 4 is 5.69 Å². The maximum absolute atomic E-state index is 5.60. The van der Waals surface area contributed by atoms with Crippen LogP contribution in [0.4, 0.5) is 5.69 Å². The lowest BCUT2D eigenvalue weighted by Crippen LogP contribution is -2.19. The van der Waals surface area contributed by atoms with Crippen molar-refractivity contribution in [1.82, 2.24) is 0 Å². The van der Waals surface area contributed by atoms with Crippen LogP contribution < -0.4 is 10.1 Å². The molecule has 1 unspecified atom stereocenters. The molecule has 0 amide bonds. The van der Waals surface area contributed by atoms with Gasteiger partial charge in [0.1, 0.15) is 5.75 Å². The molecule has 0 saturated carbocycles. The van der Waals surface area contributed by atoms with Gasteiger partial charge in [0.15, 0.2) is 0 Å². The molecule has 0 spiro atoms. The molecule has 16 heavy (non-hydrogen) atoms. The van der Waals surface area contributed by atoms with Gasteiger partial charge >= 0.3 is 0 Å². The number of rotatable bonds is 2. The van der Waals surface area contributed by atoms with Crippen molar-refractivity contribution < 1.29 is 9.47 Å². The second kappa shape index (κ2) is 4.34. The summed E-state index contributed by atoms with van der Waals surface area (Å²) in [6.45, 7) is 2.57. The molecule has 2 heterocycles. The highest BCUT2D eigenvalue weighted by Gasteiger charge is 2.16. The Kier molecular flexibility index (Phi) is 2.70. The Labute approximate surface area is 95.8 Å². The Bertz CT molecular complexity index is 372. The third kappa shape index (κ3) is 2.00. The van der Waals surface area contributed by atoms with Gasteiger partial charge in [-0.2, -0.15) is 0 Å². The smallest absolute Gasteiger partial charge is 0.122 e. The van der Waals surface area contributed by atoms with Crippen LogP contribution in [0.3, 0.4) is 0 Å². The average molecular weight is 219 g/mol. The van der Waals surface area contributed by atoms with E-state index in [4.69, 9.17) is 9.47 Å². The monoisotopic (exact) mass is 219 g/mol. The molecule has 0 radical (unpaired) electrons. The first-order chi connectivity index (χ1) is 7.92. The van der Waals surface area contributed by atoms with E-state index >= 15 is 0 Å².